The summed E-state index contributed by atoms with van der Waals surface area (Å²) >= 11 is 0. The molecule has 6 heteroatoms. The van der Waals surface area contributed by atoms with E-state index in [0.717, 1.165) is 5.69 Å². The third kappa shape index (κ3) is 3.21. The van der Waals surface area contributed by atoms with Gasteiger partial charge in [0.2, 0.25) is 0 Å². The van der Waals surface area contributed by atoms with Crippen molar-refractivity contribution in [2.45, 2.75) is 32.5 Å². The van der Waals surface area contributed by atoms with Crippen molar-refractivity contribution in [1.82, 2.24) is 10.1 Å². The smallest absolute Gasteiger partial charge is 0.360 e. The molecule has 1 atom stereocenters. The first-order valence-corrected chi connectivity index (χ1v) is 5.66. The van der Waals surface area contributed by atoms with Crippen LogP contribution in [-0.2, 0) is 6.54 Å². The van der Waals surface area contributed by atoms with Gasteiger partial charge in [0, 0.05) is 12.6 Å². The van der Waals surface area contributed by atoms with Crippen molar-refractivity contribution in [3.63, 3.8) is 0 Å². The van der Waals surface area contributed by atoms with Gasteiger partial charge in [0.25, 0.3) is 0 Å². The number of likely N-dealkylation sites (tertiary alicyclic amines) is 1. The predicted octanol–water partition coefficient (Wildman–Crippen LogP) is 2.76. The first kappa shape index (κ1) is 12.4. The number of piperidine rings is 1. The van der Waals surface area contributed by atoms with E-state index >= 15 is 0 Å². The zero-order valence-electron chi connectivity index (χ0n) is 9.63. The maximum atomic E-state index is 12.6. The molecule has 0 aromatic carbocycles. The molecule has 2 rings (SSSR count). The monoisotopic (exact) mass is 248 g/mol. The van der Waals surface area contributed by atoms with Crippen molar-refractivity contribution in [1.29, 1.82) is 0 Å². The molecule has 1 aromatic heterocycles. The number of nitrogens with zero attached hydrogens (tertiary/aromatic N) is 2. The van der Waals surface area contributed by atoms with Gasteiger partial charge < -0.3 is 4.52 Å². The Labute approximate surface area is 97.6 Å². The Morgan fingerprint density at radius 1 is 1.53 bits per heavy atom. The summed E-state index contributed by atoms with van der Waals surface area (Å²) in [4.78, 5) is 1.78. The Balaban J connectivity index is 1.94. The van der Waals surface area contributed by atoms with Crippen LogP contribution in [0.3, 0.4) is 0 Å². The Kier molecular flexibility index (Phi) is 3.42. The van der Waals surface area contributed by atoms with E-state index in [0.29, 0.717) is 25.3 Å². The molecular weight excluding hydrogens is 233 g/mol. The number of aromatic nitrogens is 1. The average molecular weight is 248 g/mol. The zero-order chi connectivity index (χ0) is 12.5. The summed E-state index contributed by atoms with van der Waals surface area (Å²) < 4.78 is 42.8. The average Bonchev–Trinajstić information content (AvgIpc) is 2.63. The van der Waals surface area contributed by atoms with E-state index in [4.69, 9.17) is 4.52 Å². The Bertz CT molecular complexity index is 375. The third-order valence-corrected chi connectivity index (χ3v) is 3.02. The van der Waals surface area contributed by atoms with Crippen LogP contribution in [0, 0.1) is 12.8 Å². The van der Waals surface area contributed by atoms with E-state index in [1.54, 1.807) is 17.9 Å². The number of aryl methyl sites for hydroxylation is 1. The van der Waals surface area contributed by atoms with E-state index in [1.165, 1.54) is 0 Å². The summed E-state index contributed by atoms with van der Waals surface area (Å²) in [6.45, 7) is 2.95. The van der Waals surface area contributed by atoms with Crippen molar-refractivity contribution in [2.75, 3.05) is 13.1 Å². The fourth-order valence-corrected chi connectivity index (χ4v) is 2.18. The lowest BCUT2D eigenvalue weighted by Crippen LogP contribution is -2.41. The van der Waals surface area contributed by atoms with Crippen molar-refractivity contribution in [3.05, 3.63) is 17.5 Å². The lowest BCUT2D eigenvalue weighted by molar-refractivity contribution is -0.187. The molecule has 0 amide bonds. The van der Waals surface area contributed by atoms with Crippen molar-refractivity contribution < 1.29 is 17.7 Å². The molecule has 0 radical (unpaired) electrons. The van der Waals surface area contributed by atoms with Gasteiger partial charge in [0.1, 0.15) is 0 Å². The quantitative estimate of drug-likeness (QED) is 0.806. The Hall–Kier alpha value is -1.04. The highest BCUT2D eigenvalue weighted by molar-refractivity contribution is 5.03. The van der Waals surface area contributed by atoms with Crippen molar-refractivity contribution in [2.24, 2.45) is 5.92 Å². The molecule has 1 aliphatic heterocycles. The normalized spacial score (nSPS) is 22.9. The molecule has 0 spiro atoms. The van der Waals surface area contributed by atoms with Crippen LogP contribution < -0.4 is 0 Å². The molecule has 3 nitrogen and oxygen atoms in total. The number of halogens is 3. The molecule has 1 fully saturated rings. The minimum atomic E-state index is -4.09. The van der Waals surface area contributed by atoms with Crippen molar-refractivity contribution >= 4 is 0 Å². The lowest BCUT2D eigenvalue weighted by atomic mass is 9.97. The largest absolute Gasteiger partial charge is 0.393 e. The molecule has 0 saturated carbocycles. The van der Waals surface area contributed by atoms with Gasteiger partial charge in [0.05, 0.1) is 18.2 Å². The second kappa shape index (κ2) is 4.68. The second-order valence-electron chi connectivity index (χ2n) is 4.55. The fraction of sp³-hybridized carbons (Fsp3) is 0.727. The molecule has 1 aliphatic rings. The molecule has 0 aliphatic carbocycles. The molecule has 1 saturated heterocycles. The maximum absolute atomic E-state index is 12.6. The third-order valence-electron chi connectivity index (χ3n) is 3.02. The van der Waals surface area contributed by atoms with Gasteiger partial charge in [-0.1, -0.05) is 5.16 Å². The minimum Gasteiger partial charge on any atom is -0.360 e. The first-order valence-electron chi connectivity index (χ1n) is 5.66. The van der Waals surface area contributed by atoms with E-state index in [9.17, 15) is 13.2 Å². The van der Waals surface area contributed by atoms with E-state index < -0.39 is 12.1 Å². The van der Waals surface area contributed by atoms with Gasteiger partial charge in [0.15, 0.2) is 5.76 Å². The van der Waals surface area contributed by atoms with Gasteiger partial charge in [-0.25, -0.2) is 0 Å². The summed E-state index contributed by atoms with van der Waals surface area (Å²) in [6.07, 6.45) is -3.28. The molecule has 0 bridgehead atoms. The Morgan fingerprint density at radius 2 is 2.29 bits per heavy atom. The lowest BCUT2D eigenvalue weighted by Gasteiger charge is -2.32. The Morgan fingerprint density at radius 3 is 2.88 bits per heavy atom. The van der Waals surface area contributed by atoms with E-state index in [2.05, 4.69) is 5.16 Å². The number of rotatable bonds is 2. The predicted molar refractivity (Wildman–Crippen MR) is 55.3 cm³/mol. The second-order valence-corrected chi connectivity index (χ2v) is 4.55. The molecule has 0 N–H and O–H groups in total. The van der Waals surface area contributed by atoms with Crippen LogP contribution in [0.5, 0.6) is 0 Å². The first-order chi connectivity index (χ1) is 7.95. The highest BCUT2D eigenvalue weighted by Gasteiger charge is 2.41. The van der Waals surface area contributed by atoms with E-state index in [1.807, 2.05) is 0 Å². The van der Waals surface area contributed by atoms with Crippen LogP contribution in [0.25, 0.3) is 0 Å². The van der Waals surface area contributed by atoms with Crippen LogP contribution >= 0.6 is 0 Å². The van der Waals surface area contributed by atoms with Crippen LogP contribution in [0.15, 0.2) is 10.6 Å². The van der Waals surface area contributed by atoms with Crippen molar-refractivity contribution in [3.8, 4) is 0 Å². The topological polar surface area (TPSA) is 29.3 Å². The summed E-state index contributed by atoms with van der Waals surface area (Å²) in [6, 6.07) is 1.76. The van der Waals surface area contributed by atoms with Gasteiger partial charge in [-0.15, -0.1) is 0 Å². The molecule has 1 aromatic rings. The SMILES string of the molecule is Cc1cc(CN2CCC[C@@H](C(F)(F)F)C2)on1. The molecular formula is C11H15F3N2O. The summed E-state index contributed by atoms with van der Waals surface area (Å²) in [5.74, 6) is -0.578. The van der Waals surface area contributed by atoms with Crippen LogP contribution in [0.1, 0.15) is 24.3 Å². The van der Waals surface area contributed by atoms with Crippen LogP contribution in [-0.4, -0.2) is 29.3 Å². The summed E-state index contributed by atoms with van der Waals surface area (Å²) in [5.41, 5.74) is 0.754. The number of hydrogen-bond donors (Lipinski definition) is 0. The maximum Gasteiger partial charge on any atom is 0.393 e. The molecule has 17 heavy (non-hydrogen) atoms. The van der Waals surface area contributed by atoms with Gasteiger partial charge in [-0.2, -0.15) is 13.2 Å². The minimum absolute atomic E-state index is 0.0588. The van der Waals surface area contributed by atoms with Gasteiger partial charge in [-0.05, 0) is 26.3 Å². The summed E-state index contributed by atoms with van der Waals surface area (Å²) in [5, 5.41) is 3.73. The highest BCUT2D eigenvalue weighted by Crippen LogP contribution is 2.33. The molecule has 96 valence electrons. The number of alkyl halides is 3. The van der Waals surface area contributed by atoms with Gasteiger partial charge in [-0.3, -0.25) is 4.90 Å². The zero-order valence-corrected chi connectivity index (χ0v) is 9.63. The standard InChI is InChI=1S/C11H15F3N2O/c1-8-5-10(17-15-8)7-16-4-2-3-9(6-16)11(12,13)14/h5,9H,2-4,6-7H2,1H3/t9-/m1/s1. The van der Waals surface area contributed by atoms with E-state index in [-0.39, 0.29) is 13.0 Å². The summed E-state index contributed by atoms with van der Waals surface area (Å²) in [7, 11) is 0. The van der Waals surface area contributed by atoms with Crippen LogP contribution in [0.2, 0.25) is 0 Å². The molecule has 0 unspecified atom stereocenters. The fourth-order valence-electron chi connectivity index (χ4n) is 2.18. The number of hydrogen-bond acceptors (Lipinski definition) is 3. The highest BCUT2D eigenvalue weighted by atomic mass is 19.4. The van der Waals surface area contributed by atoms with Crippen LogP contribution in [0.4, 0.5) is 13.2 Å². The van der Waals surface area contributed by atoms with Gasteiger partial charge >= 0.3 is 6.18 Å². The molecule has 2 heterocycles.